The summed E-state index contributed by atoms with van der Waals surface area (Å²) in [5.74, 6) is 0. The first kappa shape index (κ1) is 10.9. The first-order chi connectivity index (χ1) is 8.66. The SMILES string of the molecule is Nc1ccc(N)c(-c2nc3ccccc3s2)c1N. The van der Waals surface area contributed by atoms with Crippen LogP contribution < -0.4 is 17.2 Å². The summed E-state index contributed by atoms with van der Waals surface area (Å²) in [5.41, 5.74) is 21.1. The summed E-state index contributed by atoms with van der Waals surface area (Å²) < 4.78 is 1.11. The summed E-state index contributed by atoms with van der Waals surface area (Å²) in [6.45, 7) is 0. The lowest BCUT2D eigenvalue weighted by Crippen LogP contribution is -2.00. The maximum Gasteiger partial charge on any atom is 0.128 e. The number of hydrogen-bond donors (Lipinski definition) is 3. The van der Waals surface area contributed by atoms with Gasteiger partial charge >= 0.3 is 0 Å². The summed E-state index contributed by atoms with van der Waals surface area (Å²) in [5, 5.41) is 0.804. The quantitative estimate of drug-likeness (QED) is 0.584. The van der Waals surface area contributed by atoms with Crippen molar-refractivity contribution in [3.05, 3.63) is 36.4 Å². The fourth-order valence-electron chi connectivity index (χ4n) is 1.87. The molecule has 0 saturated heterocycles. The minimum Gasteiger partial charge on any atom is -0.398 e. The predicted octanol–water partition coefficient (Wildman–Crippen LogP) is 2.71. The highest BCUT2D eigenvalue weighted by Gasteiger charge is 2.14. The fraction of sp³-hybridized carbons (Fsp3) is 0. The van der Waals surface area contributed by atoms with Crippen LogP contribution in [0.4, 0.5) is 17.1 Å². The average molecular weight is 256 g/mol. The largest absolute Gasteiger partial charge is 0.398 e. The minimum atomic E-state index is 0.494. The molecular formula is C13H12N4S. The molecule has 1 aromatic heterocycles. The summed E-state index contributed by atoms with van der Waals surface area (Å²) in [6.07, 6.45) is 0. The van der Waals surface area contributed by atoms with E-state index >= 15 is 0 Å². The molecule has 0 atom stereocenters. The Morgan fingerprint density at radius 2 is 1.61 bits per heavy atom. The van der Waals surface area contributed by atoms with Crippen LogP contribution in [0.15, 0.2) is 36.4 Å². The van der Waals surface area contributed by atoms with Crippen molar-refractivity contribution in [2.75, 3.05) is 17.2 Å². The first-order valence-corrected chi connectivity index (χ1v) is 6.28. The van der Waals surface area contributed by atoms with Gasteiger partial charge in [0.2, 0.25) is 0 Å². The second-order valence-corrected chi connectivity index (χ2v) is 5.05. The average Bonchev–Trinajstić information content (AvgIpc) is 2.77. The van der Waals surface area contributed by atoms with Gasteiger partial charge in [-0.25, -0.2) is 4.98 Å². The smallest absolute Gasteiger partial charge is 0.128 e. The van der Waals surface area contributed by atoms with Gasteiger partial charge in [-0.15, -0.1) is 11.3 Å². The Morgan fingerprint density at radius 1 is 0.889 bits per heavy atom. The van der Waals surface area contributed by atoms with Crippen LogP contribution in [0.3, 0.4) is 0 Å². The maximum absolute atomic E-state index is 6.00. The molecule has 0 spiro atoms. The number of nitrogens with zero attached hydrogens (tertiary/aromatic N) is 1. The van der Waals surface area contributed by atoms with Gasteiger partial charge in [0.05, 0.1) is 27.2 Å². The van der Waals surface area contributed by atoms with Gasteiger partial charge in [0.1, 0.15) is 5.01 Å². The van der Waals surface area contributed by atoms with E-state index in [0.29, 0.717) is 17.1 Å². The van der Waals surface area contributed by atoms with Crippen LogP contribution >= 0.6 is 11.3 Å². The van der Waals surface area contributed by atoms with Crippen molar-refractivity contribution < 1.29 is 0 Å². The molecule has 1 heterocycles. The van der Waals surface area contributed by atoms with Gasteiger partial charge in [0.15, 0.2) is 0 Å². The summed E-state index contributed by atoms with van der Waals surface area (Å²) in [6, 6.07) is 11.4. The molecule has 0 radical (unpaired) electrons. The number of para-hydroxylation sites is 1. The second-order valence-electron chi connectivity index (χ2n) is 4.02. The number of rotatable bonds is 1. The van der Waals surface area contributed by atoms with Crippen molar-refractivity contribution >= 4 is 38.6 Å². The van der Waals surface area contributed by atoms with Gasteiger partial charge in [-0.05, 0) is 24.3 Å². The molecular weight excluding hydrogens is 244 g/mol. The number of nitrogen functional groups attached to an aromatic ring is 3. The fourth-order valence-corrected chi connectivity index (χ4v) is 2.92. The molecule has 4 nitrogen and oxygen atoms in total. The Balaban J connectivity index is 2.29. The van der Waals surface area contributed by atoms with Crippen LogP contribution in [-0.2, 0) is 0 Å². The van der Waals surface area contributed by atoms with Gasteiger partial charge in [-0.2, -0.15) is 0 Å². The van der Waals surface area contributed by atoms with Crippen LogP contribution in [0, 0.1) is 0 Å². The van der Waals surface area contributed by atoms with E-state index < -0.39 is 0 Å². The molecule has 0 aliphatic carbocycles. The van der Waals surface area contributed by atoms with Gasteiger partial charge in [0, 0.05) is 5.69 Å². The van der Waals surface area contributed by atoms with Crippen LogP contribution in [0.1, 0.15) is 0 Å². The molecule has 3 aromatic rings. The molecule has 0 bridgehead atoms. The number of fused-ring (bicyclic) bond motifs is 1. The summed E-state index contributed by atoms with van der Waals surface area (Å²) in [7, 11) is 0. The number of aromatic nitrogens is 1. The summed E-state index contributed by atoms with van der Waals surface area (Å²) in [4.78, 5) is 4.55. The van der Waals surface area contributed by atoms with Gasteiger partial charge in [-0.3, -0.25) is 0 Å². The molecule has 0 saturated carbocycles. The zero-order chi connectivity index (χ0) is 12.7. The molecule has 0 aliphatic heterocycles. The lowest BCUT2D eigenvalue weighted by Gasteiger charge is -2.08. The highest BCUT2D eigenvalue weighted by atomic mass is 32.1. The van der Waals surface area contributed by atoms with E-state index in [1.165, 1.54) is 0 Å². The van der Waals surface area contributed by atoms with Crippen molar-refractivity contribution in [3.8, 4) is 10.6 Å². The molecule has 18 heavy (non-hydrogen) atoms. The Morgan fingerprint density at radius 3 is 2.39 bits per heavy atom. The lowest BCUT2D eigenvalue weighted by molar-refractivity contribution is 1.48. The molecule has 90 valence electrons. The third kappa shape index (κ3) is 1.56. The third-order valence-corrected chi connectivity index (χ3v) is 3.87. The normalized spacial score (nSPS) is 10.9. The highest BCUT2D eigenvalue weighted by Crippen LogP contribution is 2.39. The van der Waals surface area contributed by atoms with E-state index in [9.17, 15) is 0 Å². The van der Waals surface area contributed by atoms with Crippen molar-refractivity contribution in [1.29, 1.82) is 0 Å². The number of thiazole rings is 1. The minimum absolute atomic E-state index is 0.494. The number of anilines is 3. The van der Waals surface area contributed by atoms with Crippen molar-refractivity contribution in [1.82, 2.24) is 4.98 Å². The Bertz CT molecular complexity index is 700. The highest BCUT2D eigenvalue weighted by molar-refractivity contribution is 7.21. The first-order valence-electron chi connectivity index (χ1n) is 5.46. The molecule has 0 unspecified atom stereocenters. The monoisotopic (exact) mass is 256 g/mol. The molecule has 0 amide bonds. The van der Waals surface area contributed by atoms with Crippen LogP contribution in [0.25, 0.3) is 20.8 Å². The molecule has 3 rings (SSSR count). The molecule has 6 N–H and O–H groups in total. The van der Waals surface area contributed by atoms with E-state index in [4.69, 9.17) is 17.2 Å². The van der Waals surface area contributed by atoms with Crippen LogP contribution in [-0.4, -0.2) is 4.98 Å². The van der Waals surface area contributed by atoms with Crippen LogP contribution in [0.5, 0.6) is 0 Å². The Labute approximate surface area is 108 Å². The molecule has 2 aromatic carbocycles. The topological polar surface area (TPSA) is 91.0 Å². The van der Waals surface area contributed by atoms with Crippen molar-refractivity contribution in [3.63, 3.8) is 0 Å². The lowest BCUT2D eigenvalue weighted by atomic mass is 10.1. The van der Waals surface area contributed by atoms with Crippen LogP contribution in [0.2, 0.25) is 0 Å². The molecule has 0 fully saturated rings. The number of nitrogens with two attached hydrogens (primary N) is 3. The zero-order valence-corrected chi connectivity index (χ0v) is 10.4. The zero-order valence-electron chi connectivity index (χ0n) is 9.55. The van der Waals surface area contributed by atoms with Gasteiger partial charge in [0.25, 0.3) is 0 Å². The molecule has 0 aliphatic rings. The maximum atomic E-state index is 6.00. The Hall–Kier alpha value is -2.27. The van der Waals surface area contributed by atoms with Gasteiger partial charge < -0.3 is 17.2 Å². The Kier molecular flexibility index (Phi) is 2.34. The number of benzene rings is 2. The van der Waals surface area contributed by atoms with Crippen molar-refractivity contribution in [2.45, 2.75) is 0 Å². The van der Waals surface area contributed by atoms with E-state index in [0.717, 1.165) is 20.8 Å². The van der Waals surface area contributed by atoms with E-state index in [1.54, 1.807) is 23.5 Å². The van der Waals surface area contributed by atoms with E-state index in [2.05, 4.69) is 4.98 Å². The second kappa shape index (κ2) is 3.89. The third-order valence-electron chi connectivity index (χ3n) is 2.82. The predicted molar refractivity (Wildman–Crippen MR) is 78.3 cm³/mol. The van der Waals surface area contributed by atoms with Gasteiger partial charge in [-0.1, -0.05) is 12.1 Å². The summed E-state index contributed by atoms with van der Waals surface area (Å²) >= 11 is 1.56. The van der Waals surface area contributed by atoms with E-state index in [1.807, 2.05) is 24.3 Å². The van der Waals surface area contributed by atoms with Crippen molar-refractivity contribution in [2.24, 2.45) is 0 Å². The molecule has 5 heteroatoms. The standard InChI is InChI=1S/C13H12N4S/c14-7-5-6-8(15)12(16)11(7)13-17-9-3-1-2-4-10(9)18-13/h1-6H,14-16H2. The van der Waals surface area contributed by atoms with E-state index in [-0.39, 0.29) is 0 Å². The number of hydrogen-bond acceptors (Lipinski definition) is 5.